The molecule has 0 fully saturated rings. The van der Waals surface area contributed by atoms with Gasteiger partial charge in [0.25, 0.3) is 0 Å². The maximum absolute atomic E-state index is 9.79. The van der Waals surface area contributed by atoms with Gasteiger partial charge < -0.3 is 9.84 Å². The van der Waals surface area contributed by atoms with Crippen molar-refractivity contribution in [2.75, 3.05) is 0 Å². The molecule has 0 saturated carbocycles. The van der Waals surface area contributed by atoms with Gasteiger partial charge in [-0.3, -0.25) is 0 Å². The van der Waals surface area contributed by atoms with Gasteiger partial charge in [0.05, 0.1) is 6.61 Å². The Balaban J connectivity index is 1.99. The van der Waals surface area contributed by atoms with Gasteiger partial charge in [-0.2, -0.15) is 0 Å². The smallest absolute Gasteiger partial charge is 0.126 e. The predicted octanol–water partition coefficient (Wildman–Crippen LogP) is 6.00. The van der Waals surface area contributed by atoms with E-state index >= 15 is 0 Å². The van der Waals surface area contributed by atoms with Gasteiger partial charge in [-0.1, -0.05) is 94.7 Å². The highest BCUT2D eigenvalue weighted by molar-refractivity contribution is 7.48. The van der Waals surface area contributed by atoms with Crippen LogP contribution in [-0.2, 0) is 18.4 Å². The highest BCUT2D eigenvalue weighted by Gasteiger charge is 2.30. The first-order valence-corrected chi connectivity index (χ1v) is 11.2. The first kappa shape index (κ1) is 21.6. The summed E-state index contributed by atoms with van der Waals surface area (Å²) in [4.78, 5) is 0. The molecule has 0 bridgehead atoms. The highest BCUT2D eigenvalue weighted by Crippen LogP contribution is 2.49. The van der Waals surface area contributed by atoms with Crippen LogP contribution >= 0.6 is 8.58 Å². The van der Waals surface area contributed by atoms with E-state index in [4.69, 9.17) is 4.74 Å². The maximum Gasteiger partial charge on any atom is 0.126 e. The molecule has 0 aliphatic rings. The van der Waals surface area contributed by atoms with Gasteiger partial charge in [-0.25, -0.2) is 0 Å². The van der Waals surface area contributed by atoms with E-state index < -0.39 is 0 Å². The Morgan fingerprint density at radius 1 is 0.966 bits per heavy atom. The van der Waals surface area contributed by atoms with Gasteiger partial charge in [0.2, 0.25) is 0 Å². The van der Waals surface area contributed by atoms with Crippen LogP contribution in [0.25, 0.3) is 0 Å². The zero-order valence-electron chi connectivity index (χ0n) is 17.8. The number of hydrogen-bond donors (Lipinski definition) is 1. The summed E-state index contributed by atoms with van der Waals surface area (Å²) in [5, 5.41) is 11.0. The van der Waals surface area contributed by atoms with E-state index in [1.54, 1.807) is 0 Å². The lowest BCUT2D eigenvalue weighted by Crippen LogP contribution is -2.21. The Hall–Kier alpha value is -2.15. The molecule has 2 nitrogen and oxygen atoms in total. The van der Waals surface area contributed by atoms with Crippen LogP contribution in [-0.4, -0.2) is 5.11 Å². The van der Waals surface area contributed by atoms with Gasteiger partial charge in [-0.15, -0.1) is 0 Å². The van der Waals surface area contributed by atoms with E-state index in [0.29, 0.717) is 15.2 Å². The molecule has 2 unspecified atom stereocenters. The van der Waals surface area contributed by atoms with Crippen LogP contribution < -0.4 is 10.0 Å². The summed E-state index contributed by atoms with van der Waals surface area (Å²) in [6.07, 6.45) is 0.996. The molecule has 0 aliphatic heterocycles. The van der Waals surface area contributed by atoms with Crippen LogP contribution in [0.3, 0.4) is 0 Å². The average Bonchev–Trinajstić information content (AvgIpc) is 2.73. The molecule has 3 rings (SSSR count). The molecule has 0 saturated heterocycles. The minimum atomic E-state index is -0.0614. The third-order valence-corrected chi connectivity index (χ3v) is 7.48. The monoisotopic (exact) mass is 406 g/mol. The number of aliphatic hydroxyl groups excluding tert-OH is 1. The average molecular weight is 407 g/mol. The molecule has 152 valence electrons. The van der Waals surface area contributed by atoms with Gasteiger partial charge in [0.1, 0.15) is 12.4 Å². The third-order valence-electron chi connectivity index (χ3n) is 5.54. The normalized spacial score (nSPS) is 13.6. The first-order valence-electron chi connectivity index (χ1n) is 10.2. The second-order valence-corrected chi connectivity index (χ2v) is 9.75. The number of aryl methyl sites for hydroxylation is 2. The largest absolute Gasteiger partial charge is 0.488 e. The third kappa shape index (κ3) is 5.07. The van der Waals surface area contributed by atoms with Crippen LogP contribution in [0.4, 0.5) is 0 Å². The summed E-state index contributed by atoms with van der Waals surface area (Å²) >= 11 is 0. The Labute approximate surface area is 176 Å². The minimum absolute atomic E-state index is 0.0614. The van der Waals surface area contributed by atoms with Gasteiger partial charge in [0.15, 0.2) is 0 Å². The van der Waals surface area contributed by atoms with E-state index in [-0.39, 0.29) is 11.8 Å². The summed E-state index contributed by atoms with van der Waals surface area (Å²) in [6.45, 7) is 9.49. The summed E-state index contributed by atoms with van der Waals surface area (Å²) in [6, 6.07) is 23.0. The topological polar surface area (TPSA) is 29.5 Å². The SMILES string of the molecule is CCC(C)(Pc1ccccc1CO)c1cc(C)cc(C)c1OCc1ccccc1. The van der Waals surface area contributed by atoms with Crippen molar-refractivity contribution in [3.63, 3.8) is 0 Å². The molecular formula is C26H31O2P. The van der Waals surface area contributed by atoms with Crippen LogP contribution in [0, 0.1) is 13.8 Å². The molecule has 0 radical (unpaired) electrons. The summed E-state index contributed by atoms with van der Waals surface area (Å²) in [5.74, 6) is 0.998. The second-order valence-electron chi connectivity index (χ2n) is 7.86. The lowest BCUT2D eigenvalue weighted by Gasteiger charge is -2.33. The molecular weight excluding hydrogens is 375 g/mol. The highest BCUT2D eigenvalue weighted by atomic mass is 31.1. The molecule has 3 aromatic carbocycles. The Kier molecular flexibility index (Phi) is 7.11. The molecule has 0 spiro atoms. The lowest BCUT2D eigenvalue weighted by atomic mass is 9.92. The summed E-state index contributed by atoms with van der Waals surface area (Å²) < 4.78 is 6.41. The number of benzene rings is 3. The number of rotatable bonds is 8. The quantitative estimate of drug-likeness (QED) is 0.465. The molecule has 2 atom stereocenters. The number of hydrogen-bond acceptors (Lipinski definition) is 2. The van der Waals surface area contributed by atoms with Crippen LogP contribution in [0.5, 0.6) is 5.75 Å². The molecule has 0 aromatic heterocycles. The van der Waals surface area contributed by atoms with Crippen molar-refractivity contribution >= 4 is 13.9 Å². The molecule has 0 aliphatic carbocycles. The predicted molar refractivity (Wildman–Crippen MR) is 125 cm³/mol. The Morgan fingerprint density at radius 2 is 1.66 bits per heavy atom. The van der Waals surface area contributed by atoms with Crippen LogP contribution in [0.15, 0.2) is 66.7 Å². The minimum Gasteiger partial charge on any atom is -0.488 e. The van der Waals surface area contributed by atoms with Crippen molar-refractivity contribution in [2.24, 2.45) is 0 Å². The fourth-order valence-electron chi connectivity index (χ4n) is 3.71. The van der Waals surface area contributed by atoms with E-state index in [1.807, 2.05) is 30.3 Å². The zero-order chi connectivity index (χ0) is 20.9. The molecule has 3 heteroatoms. The second kappa shape index (κ2) is 9.57. The zero-order valence-corrected chi connectivity index (χ0v) is 18.8. The lowest BCUT2D eigenvalue weighted by molar-refractivity contribution is 0.283. The van der Waals surface area contributed by atoms with E-state index in [1.165, 1.54) is 27.6 Å². The number of ether oxygens (including phenoxy) is 1. The fraction of sp³-hybridized carbons (Fsp3) is 0.308. The summed E-state index contributed by atoms with van der Waals surface area (Å²) in [7, 11) is 0.552. The Morgan fingerprint density at radius 3 is 2.34 bits per heavy atom. The van der Waals surface area contributed by atoms with Crippen LogP contribution in [0.2, 0.25) is 0 Å². The van der Waals surface area contributed by atoms with E-state index in [9.17, 15) is 5.11 Å². The fourth-order valence-corrected chi connectivity index (χ4v) is 5.30. The molecule has 0 amide bonds. The molecule has 0 heterocycles. The molecule has 1 N–H and O–H groups in total. The number of aliphatic hydroxyl groups is 1. The van der Waals surface area contributed by atoms with Gasteiger partial charge in [-0.05, 0) is 42.3 Å². The van der Waals surface area contributed by atoms with Crippen LogP contribution in [0.1, 0.15) is 48.1 Å². The van der Waals surface area contributed by atoms with E-state index in [2.05, 4.69) is 64.1 Å². The molecule has 3 aromatic rings. The van der Waals surface area contributed by atoms with Gasteiger partial charge in [0, 0.05) is 10.7 Å². The van der Waals surface area contributed by atoms with Crippen molar-refractivity contribution in [1.29, 1.82) is 0 Å². The first-order chi connectivity index (χ1) is 14.0. The molecule has 29 heavy (non-hydrogen) atoms. The summed E-state index contributed by atoms with van der Waals surface area (Å²) in [5.41, 5.74) is 5.88. The Bertz CT molecular complexity index is 952. The van der Waals surface area contributed by atoms with Crippen molar-refractivity contribution in [3.05, 3.63) is 94.5 Å². The van der Waals surface area contributed by atoms with E-state index in [0.717, 1.165) is 17.7 Å². The van der Waals surface area contributed by atoms with Crippen molar-refractivity contribution in [3.8, 4) is 5.75 Å². The van der Waals surface area contributed by atoms with Crippen molar-refractivity contribution in [1.82, 2.24) is 0 Å². The van der Waals surface area contributed by atoms with Gasteiger partial charge >= 0.3 is 0 Å². The van der Waals surface area contributed by atoms with Crippen molar-refractivity contribution in [2.45, 2.75) is 52.5 Å². The standard InChI is InChI=1S/C26H31O2P/c1-5-26(4,29-24-14-10-9-13-22(24)17-27)23-16-19(2)15-20(3)25(23)28-18-21-11-7-6-8-12-21/h6-16,27,29H,5,17-18H2,1-4H3. The van der Waals surface area contributed by atoms with Crippen molar-refractivity contribution < 1.29 is 9.84 Å². The maximum atomic E-state index is 9.79.